The molecule has 5 nitrogen and oxygen atoms in total. The summed E-state index contributed by atoms with van der Waals surface area (Å²) in [5.41, 5.74) is 9.88. The predicted octanol–water partition coefficient (Wildman–Crippen LogP) is 2.76. The van der Waals surface area contributed by atoms with Crippen molar-refractivity contribution < 1.29 is 4.74 Å². The Hall–Kier alpha value is -2.66. The van der Waals surface area contributed by atoms with Crippen LogP contribution in [0.2, 0.25) is 0 Å². The quantitative estimate of drug-likeness (QED) is 0.888. The van der Waals surface area contributed by atoms with Crippen molar-refractivity contribution in [2.75, 3.05) is 19.2 Å². The third kappa shape index (κ3) is 3.24. The maximum absolute atomic E-state index is 5.22. The van der Waals surface area contributed by atoms with Gasteiger partial charge >= 0.3 is 0 Å². The Bertz CT molecular complexity index is 696. The van der Waals surface area contributed by atoms with Crippen LogP contribution in [-0.4, -0.2) is 19.1 Å². The summed E-state index contributed by atoms with van der Waals surface area (Å²) in [7, 11) is 3.76. The third-order valence-electron chi connectivity index (χ3n) is 4.00. The van der Waals surface area contributed by atoms with Gasteiger partial charge in [-0.3, -0.25) is 0 Å². The Morgan fingerprint density at radius 1 is 1.09 bits per heavy atom. The molecule has 0 fully saturated rings. The Balaban J connectivity index is 1.76. The number of nitrogens with zero attached hydrogens (tertiary/aromatic N) is 2. The van der Waals surface area contributed by atoms with Crippen molar-refractivity contribution in [3.05, 3.63) is 71.7 Å². The number of hydrogen-bond acceptors (Lipinski definition) is 5. The highest BCUT2D eigenvalue weighted by molar-refractivity contribution is 5.53. The van der Waals surface area contributed by atoms with E-state index in [9.17, 15) is 0 Å². The van der Waals surface area contributed by atoms with Gasteiger partial charge in [0.1, 0.15) is 11.6 Å². The fourth-order valence-corrected chi connectivity index (χ4v) is 2.62. The molecular formula is C18H22N4O. The molecule has 0 spiro atoms. The third-order valence-corrected chi connectivity index (χ3v) is 4.00. The summed E-state index contributed by atoms with van der Waals surface area (Å²) in [5, 5.41) is 2.01. The van der Waals surface area contributed by atoms with E-state index in [0.29, 0.717) is 0 Å². The smallest absolute Gasteiger partial charge is 0.142 e. The van der Waals surface area contributed by atoms with Crippen molar-refractivity contribution in [2.24, 2.45) is 0 Å². The zero-order chi connectivity index (χ0) is 16.2. The van der Waals surface area contributed by atoms with Gasteiger partial charge < -0.3 is 15.1 Å². The Morgan fingerprint density at radius 3 is 2.52 bits per heavy atom. The van der Waals surface area contributed by atoms with Crippen LogP contribution in [0.3, 0.4) is 0 Å². The second kappa shape index (κ2) is 6.62. The number of hydrazine groups is 2. The molecule has 0 unspecified atom stereocenters. The van der Waals surface area contributed by atoms with Gasteiger partial charge in [-0.15, -0.1) is 5.53 Å². The van der Waals surface area contributed by atoms with E-state index in [1.54, 1.807) is 7.11 Å². The molecule has 0 aromatic heterocycles. The zero-order valence-corrected chi connectivity index (χ0v) is 13.7. The van der Waals surface area contributed by atoms with E-state index in [1.165, 1.54) is 11.1 Å². The fraction of sp³-hybridized carbons (Fsp3) is 0.222. The molecule has 1 aliphatic heterocycles. The highest BCUT2D eigenvalue weighted by Gasteiger charge is 2.20. The molecule has 0 saturated heterocycles. The van der Waals surface area contributed by atoms with Gasteiger partial charge in [0.05, 0.1) is 19.0 Å². The standard InChI is InChI=1S/C18H22N4O/c1-14-6-4-5-7-15(14)13-21(2)18-12-19-20-22(18)16-8-10-17(23-3)11-9-16/h4-12,19-20H,13H2,1-3H3. The maximum atomic E-state index is 5.22. The van der Waals surface area contributed by atoms with Crippen molar-refractivity contribution in [3.8, 4) is 5.75 Å². The molecule has 0 aliphatic carbocycles. The van der Waals surface area contributed by atoms with E-state index >= 15 is 0 Å². The Labute approximate surface area is 137 Å². The van der Waals surface area contributed by atoms with E-state index in [0.717, 1.165) is 23.8 Å². The number of anilines is 1. The van der Waals surface area contributed by atoms with Gasteiger partial charge in [0.25, 0.3) is 0 Å². The lowest BCUT2D eigenvalue weighted by Crippen LogP contribution is -2.41. The van der Waals surface area contributed by atoms with Crippen LogP contribution in [0, 0.1) is 6.92 Å². The zero-order valence-electron chi connectivity index (χ0n) is 13.7. The molecule has 0 radical (unpaired) electrons. The summed E-state index contributed by atoms with van der Waals surface area (Å²) in [4.78, 5) is 2.21. The Morgan fingerprint density at radius 2 is 1.83 bits per heavy atom. The molecule has 0 bridgehead atoms. The summed E-state index contributed by atoms with van der Waals surface area (Å²) in [6, 6.07) is 16.4. The number of nitrogens with one attached hydrogen (secondary N) is 2. The number of hydrogen-bond donors (Lipinski definition) is 2. The lowest BCUT2D eigenvalue weighted by atomic mass is 10.1. The lowest BCUT2D eigenvalue weighted by molar-refractivity contribution is 0.394. The summed E-state index contributed by atoms with van der Waals surface area (Å²) in [6.45, 7) is 2.98. The van der Waals surface area contributed by atoms with Gasteiger partial charge in [0.15, 0.2) is 0 Å². The number of ether oxygens (including phenoxy) is 1. The predicted molar refractivity (Wildman–Crippen MR) is 92.5 cm³/mol. The average molecular weight is 310 g/mol. The minimum Gasteiger partial charge on any atom is -0.497 e. The van der Waals surface area contributed by atoms with Gasteiger partial charge in [0.2, 0.25) is 0 Å². The molecule has 2 N–H and O–H groups in total. The second-order valence-electron chi connectivity index (χ2n) is 5.57. The molecule has 1 heterocycles. The first kappa shape index (κ1) is 15.2. The van der Waals surface area contributed by atoms with Gasteiger partial charge in [-0.25, -0.2) is 5.01 Å². The highest BCUT2D eigenvalue weighted by atomic mass is 16.5. The summed E-state index contributed by atoms with van der Waals surface area (Å²) in [5.74, 6) is 1.90. The lowest BCUT2D eigenvalue weighted by Gasteiger charge is -2.29. The molecule has 2 aromatic carbocycles. The summed E-state index contributed by atoms with van der Waals surface area (Å²) in [6.07, 6.45) is 1.96. The molecule has 1 aliphatic rings. The molecule has 0 saturated carbocycles. The first-order valence-corrected chi connectivity index (χ1v) is 7.60. The van der Waals surface area contributed by atoms with Gasteiger partial charge in [-0.1, -0.05) is 24.3 Å². The van der Waals surface area contributed by atoms with Gasteiger partial charge in [-0.05, 0) is 42.3 Å². The van der Waals surface area contributed by atoms with E-state index in [4.69, 9.17) is 4.74 Å². The minimum absolute atomic E-state index is 0.842. The van der Waals surface area contributed by atoms with E-state index in [2.05, 4.69) is 54.1 Å². The molecule has 2 aromatic rings. The van der Waals surface area contributed by atoms with E-state index < -0.39 is 0 Å². The topological polar surface area (TPSA) is 39.8 Å². The molecular weight excluding hydrogens is 288 g/mol. The fourth-order valence-electron chi connectivity index (χ4n) is 2.62. The number of benzene rings is 2. The average Bonchev–Trinajstić information content (AvgIpc) is 3.07. The van der Waals surface area contributed by atoms with Crippen LogP contribution in [0.15, 0.2) is 60.6 Å². The number of methoxy groups -OCH3 is 1. The first-order valence-electron chi connectivity index (χ1n) is 7.60. The van der Waals surface area contributed by atoms with Gasteiger partial charge in [0, 0.05) is 13.6 Å². The molecule has 5 heteroatoms. The first-order chi connectivity index (χ1) is 11.2. The van der Waals surface area contributed by atoms with Crippen LogP contribution in [0.25, 0.3) is 0 Å². The van der Waals surface area contributed by atoms with E-state index in [-0.39, 0.29) is 0 Å². The van der Waals surface area contributed by atoms with Crippen LogP contribution in [0.4, 0.5) is 5.69 Å². The molecule has 0 amide bonds. The highest BCUT2D eigenvalue weighted by Crippen LogP contribution is 2.24. The Kier molecular flexibility index (Phi) is 4.39. The van der Waals surface area contributed by atoms with Crippen LogP contribution in [0.5, 0.6) is 5.75 Å². The van der Waals surface area contributed by atoms with E-state index in [1.807, 2.05) is 35.5 Å². The van der Waals surface area contributed by atoms with Crippen LogP contribution < -0.4 is 20.7 Å². The molecule has 0 atom stereocenters. The second-order valence-corrected chi connectivity index (χ2v) is 5.57. The SMILES string of the molecule is COc1ccc(N2NNC=C2N(C)Cc2ccccc2C)cc1. The monoisotopic (exact) mass is 310 g/mol. The molecule has 120 valence electrons. The summed E-state index contributed by atoms with van der Waals surface area (Å²) >= 11 is 0. The molecule has 23 heavy (non-hydrogen) atoms. The van der Waals surface area contributed by atoms with Gasteiger partial charge in [-0.2, -0.15) is 0 Å². The number of aryl methyl sites for hydroxylation is 1. The van der Waals surface area contributed by atoms with Crippen molar-refractivity contribution in [1.29, 1.82) is 0 Å². The van der Waals surface area contributed by atoms with Crippen LogP contribution in [-0.2, 0) is 6.54 Å². The van der Waals surface area contributed by atoms with Crippen molar-refractivity contribution >= 4 is 5.69 Å². The van der Waals surface area contributed by atoms with Crippen molar-refractivity contribution in [2.45, 2.75) is 13.5 Å². The number of rotatable bonds is 5. The largest absolute Gasteiger partial charge is 0.497 e. The van der Waals surface area contributed by atoms with Crippen LogP contribution in [0.1, 0.15) is 11.1 Å². The van der Waals surface area contributed by atoms with Crippen molar-refractivity contribution in [3.63, 3.8) is 0 Å². The van der Waals surface area contributed by atoms with Crippen LogP contribution >= 0.6 is 0 Å². The van der Waals surface area contributed by atoms with Crippen molar-refractivity contribution in [1.82, 2.24) is 15.9 Å². The maximum Gasteiger partial charge on any atom is 0.142 e. The summed E-state index contributed by atoms with van der Waals surface area (Å²) < 4.78 is 5.22. The normalized spacial score (nSPS) is 13.5. The molecule has 3 rings (SSSR count). The minimum atomic E-state index is 0.842.